The zero-order chi connectivity index (χ0) is 13.9. The smallest absolute Gasteiger partial charge is 0.145 e. The number of nitrogens with zero attached hydrogens (tertiary/aromatic N) is 3. The van der Waals surface area contributed by atoms with E-state index in [0.29, 0.717) is 0 Å². The summed E-state index contributed by atoms with van der Waals surface area (Å²) in [6.45, 7) is 1.99. The van der Waals surface area contributed by atoms with Gasteiger partial charge in [0, 0.05) is 18.8 Å². The lowest BCUT2D eigenvalue weighted by Crippen LogP contribution is -1.93. The number of hydrogen-bond donors (Lipinski definition) is 0. The topological polar surface area (TPSA) is 39.9 Å². The maximum atomic E-state index is 5.72. The van der Waals surface area contributed by atoms with E-state index in [1.165, 1.54) is 0 Å². The molecule has 0 fully saturated rings. The number of rotatable bonds is 3. The Hall–Kier alpha value is -2.62. The van der Waals surface area contributed by atoms with Crippen LogP contribution in [0.3, 0.4) is 0 Å². The first-order valence-corrected chi connectivity index (χ1v) is 6.41. The predicted octanol–water partition coefficient (Wildman–Crippen LogP) is 3.58. The van der Waals surface area contributed by atoms with Crippen molar-refractivity contribution in [2.45, 2.75) is 6.92 Å². The molecule has 0 aliphatic rings. The highest BCUT2D eigenvalue weighted by molar-refractivity contribution is 5.61. The molecule has 0 bridgehead atoms. The molecule has 4 nitrogen and oxygen atoms in total. The van der Waals surface area contributed by atoms with Crippen molar-refractivity contribution in [3.8, 4) is 22.8 Å². The molecule has 0 radical (unpaired) electrons. The Morgan fingerprint density at radius 3 is 2.45 bits per heavy atom. The van der Waals surface area contributed by atoms with Crippen LogP contribution in [-0.2, 0) is 7.05 Å². The normalized spacial score (nSPS) is 10.5. The minimum Gasteiger partial charge on any atom is -0.456 e. The van der Waals surface area contributed by atoms with Gasteiger partial charge in [-0.15, -0.1) is 0 Å². The molecule has 0 aliphatic heterocycles. The van der Waals surface area contributed by atoms with Crippen LogP contribution in [0.15, 0.2) is 54.9 Å². The summed E-state index contributed by atoms with van der Waals surface area (Å²) in [4.78, 5) is 4.02. The monoisotopic (exact) mass is 265 g/mol. The van der Waals surface area contributed by atoms with Crippen LogP contribution in [0.25, 0.3) is 11.3 Å². The molecule has 4 heteroatoms. The van der Waals surface area contributed by atoms with E-state index in [2.05, 4.69) is 16.1 Å². The summed E-state index contributed by atoms with van der Waals surface area (Å²) in [5.41, 5.74) is 3.22. The van der Waals surface area contributed by atoms with Gasteiger partial charge in [-0.1, -0.05) is 0 Å². The molecule has 2 heterocycles. The van der Waals surface area contributed by atoms with Crippen LogP contribution in [0, 0.1) is 6.92 Å². The summed E-state index contributed by atoms with van der Waals surface area (Å²) in [5.74, 6) is 1.53. The van der Waals surface area contributed by atoms with Crippen molar-refractivity contribution in [1.29, 1.82) is 0 Å². The lowest BCUT2D eigenvalue weighted by atomic mass is 10.1. The summed E-state index contributed by atoms with van der Waals surface area (Å²) in [6.07, 6.45) is 3.42. The number of aryl methyl sites for hydroxylation is 2. The van der Waals surface area contributed by atoms with Gasteiger partial charge in [-0.25, -0.2) is 0 Å². The minimum absolute atomic E-state index is 0.733. The van der Waals surface area contributed by atoms with Crippen molar-refractivity contribution in [3.63, 3.8) is 0 Å². The van der Waals surface area contributed by atoms with Gasteiger partial charge in [0.05, 0.1) is 17.6 Å². The van der Waals surface area contributed by atoms with E-state index >= 15 is 0 Å². The van der Waals surface area contributed by atoms with Crippen LogP contribution in [0.5, 0.6) is 11.5 Å². The minimum atomic E-state index is 0.733. The third-order valence-corrected chi connectivity index (χ3v) is 3.02. The largest absolute Gasteiger partial charge is 0.456 e. The van der Waals surface area contributed by atoms with Crippen LogP contribution in [0.2, 0.25) is 0 Å². The van der Waals surface area contributed by atoms with Crippen LogP contribution >= 0.6 is 0 Å². The zero-order valence-electron chi connectivity index (χ0n) is 11.4. The summed E-state index contributed by atoms with van der Waals surface area (Å²) < 4.78 is 7.60. The quantitative estimate of drug-likeness (QED) is 0.726. The van der Waals surface area contributed by atoms with Crippen LogP contribution < -0.4 is 4.74 Å². The number of ether oxygens (including phenoxy) is 1. The van der Waals surface area contributed by atoms with Crippen molar-refractivity contribution in [1.82, 2.24) is 14.8 Å². The molecule has 0 N–H and O–H groups in total. The van der Waals surface area contributed by atoms with Gasteiger partial charge in [-0.3, -0.25) is 9.67 Å². The van der Waals surface area contributed by atoms with E-state index in [0.717, 1.165) is 28.5 Å². The van der Waals surface area contributed by atoms with Crippen molar-refractivity contribution < 1.29 is 4.74 Å². The Balaban J connectivity index is 1.83. The lowest BCUT2D eigenvalue weighted by Gasteiger charge is -2.06. The van der Waals surface area contributed by atoms with Gasteiger partial charge in [-0.2, -0.15) is 5.10 Å². The average Bonchev–Trinajstić information content (AvgIpc) is 2.80. The molecule has 0 amide bonds. The molecule has 0 saturated carbocycles. The second-order valence-corrected chi connectivity index (χ2v) is 4.61. The fourth-order valence-electron chi connectivity index (χ4n) is 2.12. The Morgan fingerprint density at radius 1 is 1.05 bits per heavy atom. The molecule has 100 valence electrons. The standard InChI is InChI=1S/C16H15N3O/c1-12-10-16(19(2)18-12)13-5-7-14(8-6-13)20-15-4-3-9-17-11-15/h3-11H,1-2H3. The number of aromatic nitrogens is 3. The molecule has 20 heavy (non-hydrogen) atoms. The zero-order valence-corrected chi connectivity index (χ0v) is 11.4. The van der Waals surface area contributed by atoms with E-state index in [1.807, 2.05) is 55.1 Å². The van der Waals surface area contributed by atoms with Crippen molar-refractivity contribution in [2.75, 3.05) is 0 Å². The van der Waals surface area contributed by atoms with E-state index in [-0.39, 0.29) is 0 Å². The second-order valence-electron chi connectivity index (χ2n) is 4.61. The van der Waals surface area contributed by atoms with E-state index in [1.54, 1.807) is 12.4 Å². The fraction of sp³-hybridized carbons (Fsp3) is 0.125. The van der Waals surface area contributed by atoms with Crippen molar-refractivity contribution in [2.24, 2.45) is 7.05 Å². The lowest BCUT2D eigenvalue weighted by molar-refractivity contribution is 0.480. The van der Waals surface area contributed by atoms with Crippen molar-refractivity contribution >= 4 is 0 Å². The summed E-state index contributed by atoms with van der Waals surface area (Å²) >= 11 is 0. The highest BCUT2D eigenvalue weighted by Crippen LogP contribution is 2.25. The van der Waals surface area contributed by atoms with Crippen molar-refractivity contribution in [3.05, 3.63) is 60.6 Å². The molecule has 3 rings (SSSR count). The van der Waals surface area contributed by atoms with Gasteiger partial charge in [0.1, 0.15) is 11.5 Å². The molecular weight excluding hydrogens is 250 g/mol. The van der Waals surface area contributed by atoms with Gasteiger partial charge in [0.25, 0.3) is 0 Å². The maximum Gasteiger partial charge on any atom is 0.145 e. The maximum absolute atomic E-state index is 5.72. The second kappa shape index (κ2) is 5.17. The van der Waals surface area contributed by atoms with E-state index < -0.39 is 0 Å². The van der Waals surface area contributed by atoms with Crippen LogP contribution in [0.1, 0.15) is 5.69 Å². The molecule has 0 atom stereocenters. The Morgan fingerprint density at radius 2 is 1.85 bits per heavy atom. The number of pyridine rings is 1. The number of benzene rings is 1. The SMILES string of the molecule is Cc1cc(-c2ccc(Oc3cccnc3)cc2)n(C)n1. The summed E-state index contributed by atoms with van der Waals surface area (Å²) in [7, 11) is 1.95. The predicted molar refractivity (Wildman–Crippen MR) is 77.7 cm³/mol. The molecule has 0 unspecified atom stereocenters. The first kappa shape index (κ1) is 12.4. The van der Waals surface area contributed by atoms with Gasteiger partial charge in [0.15, 0.2) is 0 Å². The molecule has 0 aliphatic carbocycles. The third-order valence-electron chi connectivity index (χ3n) is 3.02. The highest BCUT2D eigenvalue weighted by Gasteiger charge is 2.05. The summed E-state index contributed by atoms with van der Waals surface area (Å²) in [5, 5.41) is 4.35. The third kappa shape index (κ3) is 2.54. The Kier molecular flexibility index (Phi) is 3.21. The molecule has 1 aromatic carbocycles. The average molecular weight is 265 g/mol. The van der Waals surface area contributed by atoms with E-state index in [9.17, 15) is 0 Å². The molecular formula is C16H15N3O. The van der Waals surface area contributed by atoms with Gasteiger partial charge in [-0.05, 0) is 49.4 Å². The number of hydrogen-bond acceptors (Lipinski definition) is 3. The Bertz CT molecular complexity index is 702. The van der Waals surface area contributed by atoms with Gasteiger partial charge < -0.3 is 4.74 Å². The van der Waals surface area contributed by atoms with Crippen LogP contribution in [-0.4, -0.2) is 14.8 Å². The fourth-order valence-corrected chi connectivity index (χ4v) is 2.12. The Labute approximate surface area is 117 Å². The van der Waals surface area contributed by atoms with E-state index in [4.69, 9.17) is 4.74 Å². The highest BCUT2D eigenvalue weighted by atomic mass is 16.5. The van der Waals surface area contributed by atoms with Gasteiger partial charge in [0.2, 0.25) is 0 Å². The molecule has 0 spiro atoms. The first-order chi connectivity index (χ1) is 9.72. The summed E-state index contributed by atoms with van der Waals surface area (Å²) in [6, 6.07) is 13.8. The molecule has 0 saturated heterocycles. The van der Waals surface area contributed by atoms with Gasteiger partial charge >= 0.3 is 0 Å². The van der Waals surface area contributed by atoms with Crippen LogP contribution in [0.4, 0.5) is 0 Å². The molecule has 2 aromatic heterocycles. The molecule has 3 aromatic rings. The first-order valence-electron chi connectivity index (χ1n) is 6.41.